The molecular formula is C13H10ClNO3. The molecule has 1 aromatic carbocycles. The van der Waals surface area contributed by atoms with E-state index < -0.39 is 5.97 Å². The van der Waals surface area contributed by atoms with Gasteiger partial charge in [0.1, 0.15) is 17.1 Å². The number of aryl methyl sites for hydroxylation is 1. The number of ether oxygens (including phenoxy) is 1. The SMILES string of the molecule is Cc1cncc(OC(=O)c2c(O)cccc2Cl)c1. The zero-order valence-electron chi connectivity index (χ0n) is 9.55. The number of hydrogen-bond acceptors (Lipinski definition) is 4. The van der Waals surface area contributed by atoms with Crippen LogP contribution in [-0.4, -0.2) is 16.1 Å². The molecule has 0 fully saturated rings. The molecule has 1 aromatic heterocycles. The molecule has 5 heteroatoms. The number of benzene rings is 1. The highest BCUT2D eigenvalue weighted by atomic mass is 35.5. The monoisotopic (exact) mass is 263 g/mol. The van der Waals surface area contributed by atoms with E-state index in [9.17, 15) is 9.90 Å². The summed E-state index contributed by atoms with van der Waals surface area (Å²) in [5.41, 5.74) is 0.810. The summed E-state index contributed by atoms with van der Waals surface area (Å²) >= 11 is 5.85. The summed E-state index contributed by atoms with van der Waals surface area (Å²) in [5.74, 6) is -0.627. The Labute approximate surface area is 109 Å². The van der Waals surface area contributed by atoms with Gasteiger partial charge in [-0.15, -0.1) is 0 Å². The molecule has 18 heavy (non-hydrogen) atoms. The number of nitrogens with zero attached hydrogens (tertiary/aromatic N) is 1. The number of phenols is 1. The lowest BCUT2D eigenvalue weighted by molar-refractivity contribution is 0.0731. The van der Waals surface area contributed by atoms with Crippen LogP contribution in [0.15, 0.2) is 36.7 Å². The number of carbonyl (C=O) groups excluding carboxylic acids is 1. The van der Waals surface area contributed by atoms with Gasteiger partial charge in [-0.2, -0.15) is 0 Å². The average Bonchev–Trinajstić information content (AvgIpc) is 2.28. The summed E-state index contributed by atoms with van der Waals surface area (Å²) in [6.07, 6.45) is 3.06. The van der Waals surface area contributed by atoms with Crippen LogP contribution >= 0.6 is 11.6 Å². The van der Waals surface area contributed by atoms with Crippen LogP contribution in [0.25, 0.3) is 0 Å². The zero-order chi connectivity index (χ0) is 13.1. The quantitative estimate of drug-likeness (QED) is 0.846. The van der Waals surface area contributed by atoms with Crippen molar-refractivity contribution in [2.75, 3.05) is 0 Å². The van der Waals surface area contributed by atoms with Crippen molar-refractivity contribution in [1.29, 1.82) is 0 Å². The molecule has 4 nitrogen and oxygen atoms in total. The molecule has 0 saturated heterocycles. The smallest absolute Gasteiger partial charge is 0.348 e. The van der Waals surface area contributed by atoms with Crippen molar-refractivity contribution in [3.63, 3.8) is 0 Å². The third kappa shape index (κ3) is 2.60. The number of aromatic hydroxyl groups is 1. The van der Waals surface area contributed by atoms with Crippen LogP contribution in [0.2, 0.25) is 5.02 Å². The Morgan fingerprint density at radius 3 is 2.83 bits per heavy atom. The summed E-state index contributed by atoms with van der Waals surface area (Å²) in [7, 11) is 0. The summed E-state index contributed by atoms with van der Waals surface area (Å²) in [6, 6.07) is 6.09. The lowest BCUT2D eigenvalue weighted by atomic mass is 10.2. The van der Waals surface area contributed by atoms with Crippen molar-refractivity contribution in [3.05, 3.63) is 52.8 Å². The molecule has 0 aliphatic rings. The Hall–Kier alpha value is -2.07. The van der Waals surface area contributed by atoms with Crippen LogP contribution < -0.4 is 4.74 Å². The summed E-state index contributed by atoms with van der Waals surface area (Å²) in [6.45, 7) is 1.83. The zero-order valence-corrected chi connectivity index (χ0v) is 10.3. The number of rotatable bonds is 2. The van der Waals surface area contributed by atoms with Gasteiger partial charge in [-0.05, 0) is 30.7 Å². The predicted molar refractivity (Wildman–Crippen MR) is 67.0 cm³/mol. The topological polar surface area (TPSA) is 59.4 Å². The molecule has 0 aliphatic heterocycles. The number of pyridine rings is 1. The first-order valence-corrected chi connectivity index (χ1v) is 5.57. The maximum Gasteiger partial charge on any atom is 0.348 e. The molecule has 1 heterocycles. The molecule has 2 rings (SSSR count). The van der Waals surface area contributed by atoms with Gasteiger partial charge >= 0.3 is 5.97 Å². The van der Waals surface area contributed by atoms with E-state index in [1.165, 1.54) is 18.3 Å². The van der Waals surface area contributed by atoms with Crippen molar-refractivity contribution in [2.24, 2.45) is 0 Å². The maximum absolute atomic E-state index is 11.9. The lowest BCUT2D eigenvalue weighted by Crippen LogP contribution is -2.09. The molecule has 0 amide bonds. The fourth-order valence-corrected chi connectivity index (χ4v) is 1.70. The molecule has 0 spiro atoms. The van der Waals surface area contributed by atoms with Gasteiger partial charge in [-0.3, -0.25) is 4.98 Å². The summed E-state index contributed by atoms with van der Waals surface area (Å²) in [4.78, 5) is 15.8. The Bertz CT molecular complexity index is 578. The van der Waals surface area contributed by atoms with Gasteiger partial charge in [0.25, 0.3) is 0 Å². The van der Waals surface area contributed by atoms with E-state index in [0.29, 0.717) is 5.75 Å². The van der Waals surface area contributed by atoms with Crippen molar-refractivity contribution < 1.29 is 14.6 Å². The standard InChI is InChI=1S/C13H10ClNO3/c1-8-5-9(7-15-6-8)18-13(17)12-10(14)3-2-4-11(12)16/h2-7,16H,1H3. The van der Waals surface area contributed by atoms with Gasteiger partial charge in [0, 0.05) is 6.20 Å². The Balaban J connectivity index is 2.28. The number of esters is 1. The van der Waals surface area contributed by atoms with Crippen molar-refractivity contribution in [1.82, 2.24) is 4.98 Å². The Morgan fingerprint density at radius 2 is 2.17 bits per heavy atom. The molecule has 0 saturated carbocycles. The predicted octanol–water partition coefficient (Wildman–Crippen LogP) is 2.97. The number of halogens is 1. The number of phenolic OH excluding ortho intramolecular Hbond substituents is 1. The van der Waals surface area contributed by atoms with Gasteiger partial charge in [-0.25, -0.2) is 4.79 Å². The molecule has 2 aromatic rings. The third-order valence-corrected chi connectivity index (χ3v) is 2.57. The third-order valence-electron chi connectivity index (χ3n) is 2.26. The fraction of sp³-hybridized carbons (Fsp3) is 0.0769. The van der Waals surface area contributed by atoms with Crippen molar-refractivity contribution in [2.45, 2.75) is 6.92 Å². The molecule has 92 valence electrons. The minimum absolute atomic E-state index is 0.0549. The average molecular weight is 264 g/mol. The van der Waals surface area contributed by atoms with E-state index in [2.05, 4.69) is 4.98 Å². The molecule has 0 atom stereocenters. The van der Waals surface area contributed by atoms with Crippen LogP contribution in [-0.2, 0) is 0 Å². The van der Waals surface area contributed by atoms with E-state index >= 15 is 0 Å². The van der Waals surface area contributed by atoms with E-state index in [4.69, 9.17) is 16.3 Å². The van der Waals surface area contributed by atoms with Crippen molar-refractivity contribution in [3.8, 4) is 11.5 Å². The Morgan fingerprint density at radius 1 is 1.39 bits per heavy atom. The Kier molecular flexibility index (Phi) is 3.48. The number of hydrogen-bond donors (Lipinski definition) is 1. The van der Waals surface area contributed by atoms with Crippen LogP contribution in [0.4, 0.5) is 0 Å². The van der Waals surface area contributed by atoms with Crippen LogP contribution in [0.3, 0.4) is 0 Å². The lowest BCUT2D eigenvalue weighted by Gasteiger charge is -2.07. The first-order valence-electron chi connectivity index (χ1n) is 5.19. The first-order chi connectivity index (χ1) is 8.58. The van der Waals surface area contributed by atoms with Crippen LogP contribution in [0.5, 0.6) is 11.5 Å². The molecule has 1 N–H and O–H groups in total. The minimum Gasteiger partial charge on any atom is -0.507 e. The highest BCUT2D eigenvalue weighted by Crippen LogP contribution is 2.26. The molecule has 0 bridgehead atoms. The van der Waals surface area contributed by atoms with Gasteiger partial charge in [-0.1, -0.05) is 17.7 Å². The normalized spacial score (nSPS) is 10.1. The molecule has 0 unspecified atom stereocenters. The van der Waals surface area contributed by atoms with Gasteiger partial charge < -0.3 is 9.84 Å². The first kappa shape index (κ1) is 12.4. The molecular weight excluding hydrogens is 254 g/mol. The molecule has 0 radical (unpaired) electrons. The highest BCUT2D eigenvalue weighted by molar-refractivity contribution is 6.34. The fourth-order valence-electron chi connectivity index (χ4n) is 1.46. The molecule has 0 aliphatic carbocycles. The van der Waals surface area contributed by atoms with Crippen LogP contribution in [0.1, 0.15) is 15.9 Å². The second kappa shape index (κ2) is 5.06. The second-order valence-corrected chi connectivity index (χ2v) is 4.13. The van der Waals surface area contributed by atoms with Crippen LogP contribution in [0, 0.1) is 6.92 Å². The second-order valence-electron chi connectivity index (χ2n) is 3.72. The van der Waals surface area contributed by atoms with Gasteiger partial charge in [0.15, 0.2) is 0 Å². The number of carbonyl (C=O) groups is 1. The highest BCUT2D eigenvalue weighted by Gasteiger charge is 2.17. The van der Waals surface area contributed by atoms with E-state index in [0.717, 1.165) is 5.56 Å². The van der Waals surface area contributed by atoms with E-state index in [1.54, 1.807) is 18.3 Å². The largest absolute Gasteiger partial charge is 0.507 e. The number of aromatic nitrogens is 1. The minimum atomic E-state index is -0.717. The van der Waals surface area contributed by atoms with Gasteiger partial charge in [0.05, 0.1) is 11.2 Å². The summed E-state index contributed by atoms with van der Waals surface area (Å²) < 4.78 is 5.10. The summed E-state index contributed by atoms with van der Waals surface area (Å²) in [5, 5.41) is 9.73. The van der Waals surface area contributed by atoms with Gasteiger partial charge in [0.2, 0.25) is 0 Å². The maximum atomic E-state index is 11.9. The van der Waals surface area contributed by atoms with E-state index in [1.807, 2.05) is 6.92 Å². The van der Waals surface area contributed by atoms with E-state index in [-0.39, 0.29) is 16.3 Å². The van der Waals surface area contributed by atoms with Crippen molar-refractivity contribution >= 4 is 17.6 Å².